The van der Waals surface area contributed by atoms with Crippen molar-refractivity contribution >= 4 is 5.84 Å². The lowest BCUT2D eigenvalue weighted by molar-refractivity contribution is 0.0814. The normalized spacial score (nSPS) is 20.5. The molecule has 64 valence electrons. The highest BCUT2D eigenvalue weighted by Crippen LogP contribution is 2.24. The van der Waals surface area contributed by atoms with E-state index in [4.69, 9.17) is 10.5 Å². The van der Waals surface area contributed by atoms with E-state index >= 15 is 0 Å². The third-order valence-corrected chi connectivity index (χ3v) is 2.00. The predicted molar refractivity (Wildman–Crippen MR) is 45.7 cm³/mol. The first-order valence-electron chi connectivity index (χ1n) is 3.95. The summed E-state index contributed by atoms with van der Waals surface area (Å²) >= 11 is 0. The van der Waals surface area contributed by atoms with Crippen molar-refractivity contribution in [3.63, 3.8) is 0 Å². The van der Waals surface area contributed by atoms with Gasteiger partial charge in [0.05, 0.1) is 6.04 Å². The zero-order valence-electron chi connectivity index (χ0n) is 7.42. The van der Waals surface area contributed by atoms with Crippen molar-refractivity contribution in [1.29, 1.82) is 0 Å². The highest BCUT2D eigenvalue weighted by atomic mass is 16.5. The molecule has 2 N–H and O–H groups in total. The van der Waals surface area contributed by atoms with Crippen molar-refractivity contribution in [1.82, 2.24) is 0 Å². The molecule has 3 nitrogen and oxygen atoms in total. The van der Waals surface area contributed by atoms with Gasteiger partial charge in [-0.1, -0.05) is 0 Å². The molecule has 1 fully saturated rings. The van der Waals surface area contributed by atoms with Crippen molar-refractivity contribution in [3.8, 4) is 0 Å². The van der Waals surface area contributed by atoms with Crippen molar-refractivity contribution in [3.05, 3.63) is 0 Å². The van der Waals surface area contributed by atoms with Gasteiger partial charge in [-0.3, -0.25) is 4.99 Å². The van der Waals surface area contributed by atoms with Crippen LogP contribution in [-0.2, 0) is 4.74 Å². The van der Waals surface area contributed by atoms with Gasteiger partial charge >= 0.3 is 0 Å². The number of hydrogen-bond donors (Lipinski definition) is 1. The molecule has 1 aliphatic carbocycles. The minimum absolute atomic E-state index is 0.400. The van der Waals surface area contributed by atoms with Crippen molar-refractivity contribution < 1.29 is 4.74 Å². The Labute approximate surface area is 67.6 Å². The Morgan fingerprint density at radius 3 is 2.45 bits per heavy atom. The smallest absolute Gasteiger partial charge is 0.126 e. The van der Waals surface area contributed by atoms with Gasteiger partial charge in [0.15, 0.2) is 0 Å². The molecule has 0 heterocycles. The molecule has 0 bridgehead atoms. The molecule has 3 heteroatoms. The largest absolute Gasteiger partial charge is 0.385 e. The van der Waals surface area contributed by atoms with E-state index in [1.54, 1.807) is 7.11 Å². The molecule has 0 aromatic rings. The fraction of sp³-hybridized carbons (Fsp3) is 0.875. The van der Waals surface area contributed by atoms with E-state index in [9.17, 15) is 0 Å². The first-order valence-corrected chi connectivity index (χ1v) is 3.95. The van der Waals surface area contributed by atoms with E-state index in [1.807, 2.05) is 13.8 Å². The molecule has 11 heavy (non-hydrogen) atoms. The Kier molecular flexibility index (Phi) is 2.18. The molecule has 0 spiro atoms. The molecule has 1 saturated carbocycles. The molecule has 1 aliphatic rings. The summed E-state index contributed by atoms with van der Waals surface area (Å²) in [6.45, 7) is 3.85. The zero-order chi connectivity index (χ0) is 8.48. The van der Waals surface area contributed by atoms with Gasteiger partial charge < -0.3 is 10.5 Å². The molecule has 0 aliphatic heterocycles. The van der Waals surface area contributed by atoms with Crippen LogP contribution in [0.5, 0.6) is 0 Å². The lowest BCUT2D eigenvalue weighted by Crippen LogP contribution is -2.40. The van der Waals surface area contributed by atoms with Crippen molar-refractivity contribution in [2.75, 3.05) is 7.11 Å². The third-order valence-electron chi connectivity index (χ3n) is 2.00. The lowest BCUT2D eigenvalue weighted by Gasteiger charge is -2.21. The minimum Gasteiger partial charge on any atom is -0.385 e. The van der Waals surface area contributed by atoms with E-state index in [0.29, 0.717) is 11.9 Å². The lowest BCUT2D eigenvalue weighted by atomic mass is 10.1. The first-order chi connectivity index (χ1) is 5.06. The van der Waals surface area contributed by atoms with Crippen LogP contribution in [0.1, 0.15) is 26.7 Å². The van der Waals surface area contributed by atoms with E-state index in [0.717, 1.165) is 0 Å². The van der Waals surface area contributed by atoms with Crippen LogP contribution in [0.4, 0.5) is 0 Å². The Hall–Kier alpha value is -0.570. The average molecular weight is 156 g/mol. The molecule has 1 rings (SSSR count). The Bertz CT molecular complexity index is 171. The second kappa shape index (κ2) is 2.81. The van der Waals surface area contributed by atoms with Gasteiger partial charge in [0, 0.05) is 7.11 Å². The quantitative estimate of drug-likeness (QED) is 0.488. The maximum Gasteiger partial charge on any atom is 0.126 e. The Balaban J connectivity index is 2.56. The van der Waals surface area contributed by atoms with Crippen LogP contribution in [0.25, 0.3) is 0 Å². The average Bonchev–Trinajstić information content (AvgIpc) is 2.72. The molecule has 0 unspecified atom stereocenters. The molecule has 0 saturated heterocycles. The fourth-order valence-corrected chi connectivity index (χ4v) is 0.660. The summed E-state index contributed by atoms with van der Waals surface area (Å²) in [7, 11) is 1.65. The summed E-state index contributed by atoms with van der Waals surface area (Å²) in [5.41, 5.74) is 5.33. The highest BCUT2D eigenvalue weighted by molar-refractivity contribution is 5.88. The van der Waals surface area contributed by atoms with Gasteiger partial charge in [-0.2, -0.15) is 0 Å². The number of amidine groups is 1. The van der Waals surface area contributed by atoms with Crippen LogP contribution in [0.15, 0.2) is 4.99 Å². The SMILES string of the molecule is COC(C)(C)C(N)=NC1CC1. The molecule has 0 radical (unpaired) electrons. The second-order valence-corrected chi connectivity index (χ2v) is 3.46. The summed E-state index contributed by atoms with van der Waals surface area (Å²) in [5, 5.41) is 0. The zero-order valence-corrected chi connectivity index (χ0v) is 7.42. The van der Waals surface area contributed by atoms with Gasteiger partial charge in [-0.25, -0.2) is 0 Å². The standard InChI is InChI=1S/C8H16N2O/c1-8(2,11-3)7(9)10-6-4-5-6/h6H,4-5H2,1-3H3,(H2,9,10). The topological polar surface area (TPSA) is 47.6 Å². The van der Waals surface area contributed by atoms with Crippen LogP contribution in [0, 0.1) is 0 Å². The monoisotopic (exact) mass is 156 g/mol. The maximum absolute atomic E-state index is 5.73. The minimum atomic E-state index is -0.400. The number of hydrogen-bond acceptors (Lipinski definition) is 2. The predicted octanol–water partition coefficient (Wildman–Crippen LogP) is 0.931. The van der Waals surface area contributed by atoms with Gasteiger partial charge in [-0.05, 0) is 26.7 Å². The summed E-state index contributed by atoms with van der Waals surface area (Å²) in [6.07, 6.45) is 2.36. The number of ether oxygens (including phenoxy) is 1. The maximum atomic E-state index is 5.73. The number of rotatable bonds is 3. The number of nitrogens with zero attached hydrogens (tertiary/aromatic N) is 1. The molecule has 0 atom stereocenters. The van der Waals surface area contributed by atoms with E-state index in [-0.39, 0.29) is 0 Å². The van der Waals surface area contributed by atoms with Crippen LogP contribution in [-0.4, -0.2) is 24.6 Å². The fourth-order valence-electron chi connectivity index (χ4n) is 0.660. The Morgan fingerprint density at radius 1 is 1.55 bits per heavy atom. The summed E-state index contributed by atoms with van der Waals surface area (Å²) < 4.78 is 5.17. The van der Waals surface area contributed by atoms with Crippen LogP contribution in [0.2, 0.25) is 0 Å². The van der Waals surface area contributed by atoms with Crippen LogP contribution < -0.4 is 5.73 Å². The number of nitrogens with two attached hydrogens (primary N) is 1. The van der Waals surface area contributed by atoms with Crippen LogP contribution in [0.3, 0.4) is 0 Å². The van der Waals surface area contributed by atoms with E-state index in [2.05, 4.69) is 4.99 Å². The van der Waals surface area contributed by atoms with Crippen molar-refractivity contribution in [2.45, 2.75) is 38.3 Å². The van der Waals surface area contributed by atoms with Gasteiger partial charge in [-0.15, -0.1) is 0 Å². The molecule has 0 aromatic carbocycles. The second-order valence-electron chi connectivity index (χ2n) is 3.46. The van der Waals surface area contributed by atoms with Crippen molar-refractivity contribution in [2.24, 2.45) is 10.7 Å². The Morgan fingerprint density at radius 2 is 2.09 bits per heavy atom. The summed E-state index contributed by atoms with van der Waals surface area (Å²) in [6, 6.07) is 0.476. The van der Waals surface area contributed by atoms with Gasteiger partial charge in [0.1, 0.15) is 11.4 Å². The van der Waals surface area contributed by atoms with Gasteiger partial charge in [0.25, 0.3) is 0 Å². The first kappa shape index (κ1) is 8.53. The highest BCUT2D eigenvalue weighted by Gasteiger charge is 2.26. The summed E-state index contributed by atoms with van der Waals surface area (Å²) in [5.74, 6) is 0.613. The number of aliphatic imine (C=N–C) groups is 1. The van der Waals surface area contributed by atoms with Crippen LogP contribution >= 0.6 is 0 Å². The molecule has 0 amide bonds. The van der Waals surface area contributed by atoms with E-state index in [1.165, 1.54) is 12.8 Å². The molecule has 0 aromatic heterocycles. The molecular weight excluding hydrogens is 140 g/mol. The van der Waals surface area contributed by atoms with Gasteiger partial charge in [0.2, 0.25) is 0 Å². The number of methoxy groups -OCH3 is 1. The third kappa shape index (κ3) is 2.19. The molecular formula is C8H16N2O. The van der Waals surface area contributed by atoms with E-state index < -0.39 is 5.60 Å². The summed E-state index contributed by atoms with van der Waals surface area (Å²) in [4.78, 5) is 4.30.